The van der Waals surface area contributed by atoms with Crippen LogP contribution in [0.3, 0.4) is 0 Å². The lowest BCUT2D eigenvalue weighted by molar-refractivity contribution is 0.275. The summed E-state index contributed by atoms with van der Waals surface area (Å²) in [5, 5.41) is 9.25. The average Bonchev–Trinajstić information content (AvgIpc) is 3.12. The zero-order valence-electron chi connectivity index (χ0n) is 10.2. The molecule has 102 valence electrons. The third-order valence-electron chi connectivity index (χ3n) is 3.29. The molecule has 7 nitrogen and oxygen atoms in total. The molecule has 2 aromatic heterocycles. The predicted octanol–water partition coefficient (Wildman–Crippen LogP) is 0.231. The van der Waals surface area contributed by atoms with Crippen molar-refractivity contribution in [2.75, 3.05) is 12.3 Å². The Bertz CT molecular complexity index is 688. The van der Waals surface area contributed by atoms with E-state index in [0.717, 1.165) is 12.8 Å². The molecule has 0 aliphatic heterocycles. The van der Waals surface area contributed by atoms with Gasteiger partial charge in [0.1, 0.15) is 5.52 Å². The van der Waals surface area contributed by atoms with Crippen LogP contribution in [-0.4, -0.2) is 30.8 Å². The number of fused-ring (bicyclic) bond motifs is 1. The van der Waals surface area contributed by atoms with Gasteiger partial charge in [0.05, 0.1) is 13.2 Å². The molecule has 2 aromatic rings. The van der Waals surface area contributed by atoms with Gasteiger partial charge >= 0.3 is 5.69 Å². The van der Waals surface area contributed by atoms with Gasteiger partial charge in [-0.25, -0.2) is 4.79 Å². The second-order valence-electron chi connectivity index (χ2n) is 4.76. The Morgan fingerprint density at radius 3 is 2.74 bits per heavy atom. The van der Waals surface area contributed by atoms with Gasteiger partial charge < -0.3 is 10.8 Å². The minimum Gasteiger partial charge on any atom is -0.395 e. The van der Waals surface area contributed by atoms with E-state index >= 15 is 0 Å². The van der Waals surface area contributed by atoms with Crippen molar-refractivity contribution in [2.24, 2.45) is 5.92 Å². The molecule has 8 heteroatoms. The van der Waals surface area contributed by atoms with E-state index < -0.39 is 0 Å². The highest BCUT2D eigenvalue weighted by Crippen LogP contribution is 2.32. The highest BCUT2D eigenvalue weighted by atomic mass is 35.5. The summed E-state index contributed by atoms with van der Waals surface area (Å²) >= 11 is 6.09. The number of hydrogen-bond donors (Lipinski definition) is 2. The molecule has 1 saturated carbocycles. The van der Waals surface area contributed by atoms with E-state index in [1.165, 1.54) is 4.57 Å². The van der Waals surface area contributed by atoms with E-state index in [1.54, 1.807) is 4.57 Å². The number of rotatable bonds is 4. The van der Waals surface area contributed by atoms with Crippen LogP contribution in [0.15, 0.2) is 4.79 Å². The fourth-order valence-corrected chi connectivity index (χ4v) is 2.49. The number of hydrogen-bond acceptors (Lipinski definition) is 5. The van der Waals surface area contributed by atoms with E-state index in [-0.39, 0.29) is 29.9 Å². The lowest BCUT2D eigenvalue weighted by Gasteiger charge is -2.02. The molecule has 1 fully saturated rings. The van der Waals surface area contributed by atoms with Gasteiger partial charge in [0.25, 0.3) is 0 Å². The van der Waals surface area contributed by atoms with Crippen molar-refractivity contribution in [3.63, 3.8) is 0 Å². The largest absolute Gasteiger partial charge is 0.395 e. The van der Waals surface area contributed by atoms with Gasteiger partial charge in [0, 0.05) is 6.54 Å². The fraction of sp³-hybridized carbons (Fsp3) is 0.545. The number of aromatic nitrogens is 4. The second kappa shape index (κ2) is 4.50. The molecular weight excluding hydrogens is 270 g/mol. The van der Waals surface area contributed by atoms with Gasteiger partial charge in [-0.05, 0) is 18.8 Å². The highest BCUT2D eigenvalue weighted by molar-refractivity contribution is 6.33. The van der Waals surface area contributed by atoms with Gasteiger partial charge in [-0.2, -0.15) is 9.97 Å². The van der Waals surface area contributed by atoms with E-state index in [4.69, 9.17) is 22.4 Å². The third kappa shape index (κ3) is 2.08. The van der Waals surface area contributed by atoms with Crippen LogP contribution in [0.25, 0.3) is 11.2 Å². The first-order valence-electron chi connectivity index (χ1n) is 6.14. The summed E-state index contributed by atoms with van der Waals surface area (Å²) in [7, 11) is 0. The number of nitrogen functional groups attached to an aromatic ring is 1. The van der Waals surface area contributed by atoms with Crippen molar-refractivity contribution >= 4 is 28.7 Å². The van der Waals surface area contributed by atoms with Crippen LogP contribution in [0.1, 0.15) is 12.8 Å². The van der Waals surface area contributed by atoms with Crippen LogP contribution in [0.5, 0.6) is 0 Å². The standard InChI is InChI=1S/C11H14ClN5O2/c12-8-7-9(15-10(13)14-8)16(3-4-18)11(19)17(7)5-6-1-2-6/h6,18H,1-5H2,(H2,13,14,15). The quantitative estimate of drug-likeness (QED) is 0.783. The van der Waals surface area contributed by atoms with Gasteiger partial charge in [0.2, 0.25) is 5.95 Å². The van der Waals surface area contributed by atoms with Crippen LogP contribution in [-0.2, 0) is 13.1 Å². The Labute approximate surface area is 113 Å². The fourth-order valence-electron chi connectivity index (χ4n) is 2.21. The molecule has 19 heavy (non-hydrogen) atoms. The molecule has 3 N–H and O–H groups in total. The minimum absolute atomic E-state index is 0.0211. The predicted molar refractivity (Wildman–Crippen MR) is 71.0 cm³/mol. The molecule has 0 bridgehead atoms. The molecule has 0 amide bonds. The monoisotopic (exact) mass is 283 g/mol. The number of nitrogens with two attached hydrogens (primary N) is 1. The minimum atomic E-state index is -0.224. The molecular formula is C11H14ClN5O2. The van der Waals surface area contributed by atoms with Crippen LogP contribution in [0, 0.1) is 5.92 Å². The van der Waals surface area contributed by atoms with Crippen molar-refractivity contribution in [1.29, 1.82) is 0 Å². The van der Waals surface area contributed by atoms with E-state index in [0.29, 0.717) is 23.6 Å². The zero-order chi connectivity index (χ0) is 13.6. The summed E-state index contributed by atoms with van der Waals surface area (Å²) in [5.41, 5.74) is 6.23. The summed E-state index contributed by atoms with van der Waals surface area (Å²) in [4.78, 5) is 20.3. The van der Waals surface area contributed by atoms with E-state index in [9.17, 15) is 4.79 Å². The molecule has 1 aliphatic rings. The SMILES string of the molecule is Nc1nc(Cl)c2c(n1)n(CCO)c(=O)n2CC1CC1. The number of aliphatic hydroxyl groups is 1. The molecule has 3 rings (SSSR count). The van der Waals surface area contributed by atoms with Crippen LogP contribution in [0.2, 0.25) is 5.15 Å². The van der Waals surface area contributed by atoms with Crippen molar-refractivity contribution in [1.82, 2.24) is 19.1 Å². The summed E-state index contributed by atoms with van der Waals surface area (Å²) in [6.07, 6.45) is 2.24. The van der Waals surface area contributed by atoms with Crippen molar-refractivity contribution in [3.8, 4) is 0 Å². The average molecular weight is 284 g/mol. The molecule has 0 aromatic carbocycles. The maximum atomic E-state index is 12.4. The Balaban J connectivity index is 2.27. The number of aliphatic hydroxyl groups excluding tert-OH is 1. The first-order valence-corrected chi connectivity index (χ1v) is 6.52. The molecule has 0 radical (unpaired) electrons. The van der Waals surface area contributed by atoms with Crippen molar-refractivity contribution in [2.45, 2.75) is 25.9 Å². The molecule has 1 aliphatic carbocycles. The first-order chi connectivity index (χ1) is 9.11. The first kappa shape index (κ1) is 12.4. The molecule has 0 atom stereocenters. The Kier molecular flexibility index (Phi) is 2.94. The van der Waals surface area contributed by atoms with Crippen molar-refractivity contribution in [3.05, 3.63) is 15.6 Å². The van der Waals surface area contributed by atoms with Crippen LogP contribution < -0.4 is 11.4 Å². The number of anilines is 1. The maximum absolute atomic E-state index is 12.4. The Morgan fingerprint density at radius 1 is 1.37 bits per heavy atom. The normalized spacial score (nSPS) is 15.3. The Morgan fingerprint density at radius 2 is 2.11 bits per heavy atom. The lowest BCUT2D eigenvalue weighted by Crippen LogP contribution is -2.26. The van der Waals surface area contributed by atoms with E-state index in [2.05, 4.69) is 9.97 Å². The van der Waals surface area contributed by atoms with Gasteiger partial charge in [-0.3, -0.25) is 9.13 Å². The summed E-state index contributed by atoms with van der Waals surface area (Å²) in [6.45, 7) is 0.629. The smallest absolute Gasteiger partial charge is 0.330 e. The number of imidazole rings is 1. The van der Waals surface area contributed by atoms with E-state index in [1.807, 2.05) is 0 Å². The van der Waals surface area contributed by atoms with Gasteiger partial charge in [-0.15, -0.1) is 0 Å². The lowest BCUT2D eigenvalue weighted by atomic mass is 10.4. The number of nitrogens with zero attached hydrogens (tertiary/aromatic N) is 4. The summed E-state index contributed by atoms with van der Waals surface area (Å²) in [6, 6.07) is 0. The van der Waals surface area contributed by atoms with Crippen LogP contribution in [0.4, 0.5) is 5.95 Å². The molecule has 0 spiro atoms. The third-order valence-corrected chi connectivity index (χ3v) is 3.55. The zero-order valence-corrected chi connectivity index (χ0v) is 11.0. The Hall–Kier alpha value is -1.60. The maximum Gasteiger partial charge on any atom is 0.330 e. The van der Waals surface area contributed by atoms with Gasteiger partial charge in [0.15, 0.2) is 10.8 Å². The summed E-state index contributed by atoms with van der Waals surface area (Å²) in [5.74, 6) is 0.534. The molecule has 0 saturated heterocycles. The van der Waals surface area contributed by atoms with Gasteiger partial charge in [-0.1, -0.05) is 11.6 Å². The van der Waals surface area contributed by atoms with Crippen LogP contribution >= 0.6 is 11.6 Å². The second-order valence-corrected chi connectivity index (χ2v) is 5.11. The molecule has 2 heterocycles. The van der Waals surface area contributed by atoms with Crippen molar-refractivity contribution < 1.29 is 5.11 Å². The highest BCUT2D eigenvalue weighted by Gasteiger charge is 2.26. The number of halogens is 1. The molecule has 0 unspecified atom stereocenters. The summed E-state index contributed by atoms with van der Waals surface area (Å²) < 4.78 is 2.98. The topological polar surface area (TPSA) is 99.0 Å².